The minimum atomic E-state index is -3.45. The summed E-state index contributed by atoms with van der Waals surface area (Å²) in [6.07, 6.45) is 2.97. The van der Waals surface area contributed by atoms with Gasteiger partial charge in [-0.25, -0.2) is 0 Å². The van der Waals surface area contributed by atoms with Gasteiger partial charge in [-0.3, -0.25) is 0 Å². The van der Waals surface area contributed by atoms with Gasteiger partial charge in [0, 0.05) is 32.2 Å². The third-order valence-electron chi connectivity index (χ3n) is 3.94. The van der Waals surface area contributed by atoms with E-state index in [0.717, 1.165) is 24.8 Å². The van der Waals surface area contributed by atoms with Crippen LogP contribution in [-0.4, -0.2) is 42.7 Å². The van der Waals surface area contributed by atoms with Gasteiger partial charge < -0.3 is 5.73 Å². The molecule has 0 aromatic heterocycles. The van der Waals surface area contributed by atoms with Gasteiger partial charge in [0.2, 0.25) is 0 Å². The second kappa shape index (κ2) is 7.35. The summed E-state index contributed by atoms with van der Waals surface area (Å²) in [6, 6.07) is 9.73. The van der Waals surface area contributed by atoms with Gasteiger partial charge in [-0.05, 0) is 25.3 Å². The summed E-state index contributed by atoms with van der Waals surface area (Å²) in [5.74, 6) is 0. The summed E-state index contributed by atoms with van der Waals surface area (Å²) in [4.78, 5) is 0. The number of hydrogen-bond acceptors (Lipinski definition) is 3. The highest BCUT2D eigenvalue weighted by Gasteiger charge is 2.34. The van der Waals surface area contributed by atoms with Crippen LogP contribution in [0.25, 0.3) is 0 Å². The van der Waals surface area contributed by atoms with Crippen LogP contribution >= 0.6 is 0 Å². The van der Waals surface area contributed by atoms with Gasteiger partial charge in [0.25, 0.3) is 10.2 Å². The van der Waals surface area contributed by atoms with Crippen molar-refractivity contribution in [2.75, 3.05) is 19.6 Å². The van der Waals surface area contributed by atoms with Crippen molar-refractivity contribution in [1.82, 2.24) is 8.61 Å². The molecule has 0 radical (unpaired) electrons. The van der Waals surface area contributed by atoms with E-state index in [4.69, 9.17) is 5.73 Å². The first-order chi connectivity index (χ1) is 10.1. The second-order valence-electron chi connectivity index (χ2n) is 5.57. The van der Waals surface area contributed by atoms with Crippen LogP contribution in [0.3, 0.4) is 0 Å². The van der Waals surface area contributed by atoms with Crippen LogP contribution in [0.15, 0.2) is 30.3 Å². The fraction of sp³-hybridized carbons (Fsp3) is 0.600. The Balaban J connectivity index is 2.19. The molecule has 1 aromatic carbocycles. The Kier molecular flexibility index (Phi) is 5.75. The van der Waals surface area contributed by atoms with Crippen LogP contribution in [0, 0.1) is 0 Å². The smallest absolute Gasteiger partial charge is 0.282 e. The SMILES string of the molecule is CC1CCCCN1S(=O)(=O)N(CCN)Cc1ccccc1. The number of nitrogens with zero attached hydrogens (tertiary/aromatic N) is 2. The normalized spacial score (nSPS) is 20.8. The maximum Gasteiger partial charge on any atom is 0.282 e. The van der Waals surface area contributed by atoms with E-state index >= 15 is 0 Å². The minimum Gasteiger partial charge on any atom is -0.329 e. The Morgan fingerprint density at radius 2 is 2.00 bits per heavy atom. The summed E-state index contributed by atoms with van der Waals surface area (Å²) in [6.45, 7) is 3.65. The number of hydrogen-bond donors (Lipinski definition) is 1. The van der Waals surface area contributed by atoms with E-state index in [9.17, 15) is 8.42 Å². The Hall–Kier alpha value is -0.950. The Bertz CT molecular complexity index is 533. The first-order valence-corrected chi connectivity index (χ1v) is 8.96. The molecule has 0 saturated carbocycles. The van der Waals surface area contributed by atoms with Gasteiger partial charge in [0.05, 0.1) is 0 Å². The number of benzene rings is 1. The van der Waals surface area contributed by atoms with E-state index in [1.165, 1.54) is 4.31 Å². The number of nitrogens with two attached hydrogens (primary N) is 1. The molecule has 2 rings (SSSR count). The molecule has 118 valence electrons. The zero-order valence-corrected chi connectivity index (χ0v) is 13.4. The summed E-state index contributed by atoms with van der Waals surface area (Å²) in [5.41, 5.74) is 6.60. The number of rotatable bonds is 6. The molecule has 2 N–H and O–H groups in total. The molecule has 1 fully saturated rings. The standard InChI is InChI=1S/C15H25N3O2S/c1-14-7-5-6-11-18(14)21(19,20)17(12-10-16)13-15-8-3-2-4-9-15/h2-4,8-9,14H,5-7,10-13,16H2,1H3. The lowest BCUT2D eigenvalue weighted by Crippen LogP contribution is -2.50. The van der Waals surface area contributed by atoms with Crippen LogP contribution in [-0.2, 0) is 16.8 Å². The van der Waals surface area contributed by atoms with Gasteiger partial charge in [0.15, 0.2) is 0 Å². The highest BCUT2D eigenvalue weighted by Crippen LogP contribution is 2.23. The van der Waals surface area contributed by atoms with Crippen LogP contribution in [0.1, 0.15) is 31.7 Å². The zero-order chi connectivity index (χ0) is 15.3. The molecule has 21 heavy (non-hydrogen) atoms. The molecular weight excluding hydrogens is 286 g/mol. The maximum absolute atomic E-state index is 12.9. The van der Waals surface area contributed by atoms with Crippen LogP contribution in [0.5, 0.6) is 0 Å². The molecule has 0 aliphatic carbocycles. The third kappa shape index (κ3) is 4.03. The van der Waals surface area contributed by atoms with E-state index in [0.29, 0.717) is 26.2 Å². The van der Waals surface area contributed by atoms with Crippen LogP contribution < -0.4 is 5.73 Å². The van der Waals surface area contributed by atoms with E-state index in [-0.39, 0.29) is 6.04 Å². The molecule has 1 aliphatic rings. The Labute approximate surface area is 127 Å². The van der Waals surface area contributed by atoms with Crippen molar-refractivity contribution in [3.05, 3.63) is 35.9 Å². The first-order valence-electron chi connectivity index (χ1n) is 7.56. The minimum absolute atomic E-state index is 0.0693. The molecule has 1 saturated heterocycles. The number of piperidine rings is 1. The van der Waals surface area contributed by atoms with Crippen molar-refractivity contribution in [2.45, 2.75) is 38.8 Å². The largest absolute Gasteiger partial charge is 0.329 e. The average Bonchev–Trinajstić information content (AvgIpc) is 2.48. The van der Waals surface area contributed by atoms with E-state index < -0.39 is 10.2 Å². The fourth-order valence-corrected chi connectivity index (χ4v) is 4.63. The highest BCUT2D eigenvalue weighted by atomic mass is 32.2. The monoisotopic (exact) mass is 311 g/mol. The van der Waals surface area contributed by atoms with Crippen molar-refractivity contribution < 1.29 is 8.42 Å². The van der Waals surface area contributed by atoms with E-state index in [1.54, 1.807) is 4.31 Å². The van der Waals surface area contributed by atoms with Gasteiger partial charge in [-0.15, -0.1) is 0 Å². The van der Waals surface area contributed by atoms with Gasteiger partial charge in [-0.2, -0.15) is 17.0 Å². The summed E-state index contributed by atoms with van der Waals surface area (Å²) in [7, 11) is -3.45. The molecule has 5 nitrogen and oxygen atoms in total. The fourth-order valence-electron chi connectivity index (χ4n) is 2.77. The maximum atomic E-state index is 12.9. The van der Waals surface area contributed by atoms with E-state index in [2.05, 4.69) is 0 Å². The summed E-state index contributed by atoms with van der Waals surface area (Å²) >= 11 is 0. The summed E-state index contributed by atoms with van der Waals surface area (Å²) in [5, 5.41) is 0. The van der Waals surface area contributed by atoms with Crippen LogP contribution in [0.2, 0.25) is 0 Å². The zero-order valence-electron chi connectivity index (χ0n) is 12.6. The summed E-state index contributed by atoms with van der Waals surface area (Å²) < 4.78 is 28.9. The highest BCUT2D eigenvalue weighted by molar-refractivity contribution is 7.86. The molecule has 1 aromatic rings. The van der Waals surface area contributed by atoms with Crippen molar-refractivity contribution in [3.8, 4) is 0 Å². The molecular formula is C15H25N3O2S. The van der Waals surface area contributed by atoms with Crippen molar-refractivity contribution in [1.29, 1.82) is 0 Å². The second-order valence-corrected chi connectivity index (χ2v) is 7.45. The predicted octanol–water partition coefficient (Wildman–Crippen LogP) is 1.57. The predicted molar refractivity (Wildman–Crippen MR) is 84.8 cm³/mol. The quantitative estimate of drug-likeness (QED) is 0.867. The van der Waals surface area contributed by atoms with Crippen LogP contribution in [0.4, 0.5) is 0 Å². The molecule has 1 atom stereocenters. The molecule has 1 heterocycles. The first kappa shape index (κ1) is 16.4. The molecule has 1 unspecified atom stereocenters. The van der Waals surface area contributed by atoms with Crippen molar-refractivity contribution >= 4 is 10.2 Å². The Morgan fingerprint density at radius 3 is 2.62 bits per heavy atom. The molecule has 0 spiro atoms. The third-order valence-corrected chi connectivity index (χ3v) is 6.04. The average molecular weight is 311 g/mol. The van der Waals surface area contributed by atoms with Gasteiger partial charge in [-0.1, -0.05) is 36.8 Å². The Morgan fingerprint density at radius 1 is 1.29 bits per heavy atom. The van der Waals surface area contributed by atoms with Crippen molar-refractivity contribution in [2.24, 2.45) is 5.73 Å². The lowest BCUT2D eigenvalue weighted by Gasteiger charge is -2.36. The molecule has 1 aliphatic heterocycles. The molecule has 6 heteroatoms. The van der Waals surface area contributed by atoms with Gasteiger partial charge >= 0.3 is 0 Å². The topological polar surface area (TPSA) is 66.6 Å². The van der Waals surface area contributed by atoms with Gasteiger partial charge in [0.1, 0.15) is 0 Å². The lowest BCUT2D eigenvalue weighted by molar-refractivity contribution is 0.243. The van der Waals surface area contributed by atoms with E-state index in [1.807, 2.05) is 37.3 Å². The molecule has 0 amide bonds. The molecule has 0 bridgehead atoms. The lowest BCUT2D eigenvalue weighted by atomic mass is 10.1. The van der Waals surface area contributed by atoms with Crippen molar-refractivity contribution in [3.63, 3.8) is 0 Å².